The number of aromatic hydroxyl groups is 1. The second-order valence-corrected chi connectivity index (χ2v) is 8.77. The molecule has 2 aromatic rings. The van der Waals surface area contributed by atoms with Crippen LogP contribution in [0.4, 0.5) is 5.69 Å². The van der Waals surface area contributed by atoms with Crippen LogP contribution < -0.4 is 14.4 Å². The van der Waals surface area contributed by atoms with Gasteiger partial charge in [0, 0.05) is 44.3 Å². The van der Waals surface area contributed by atoms with Crippen LogP contribution in [0.3, 0.4) is 0 Å². The Hall–Kier alpha value is -2.93. The van der Waals surface area contributed by atoms with E-state index in [1.54, 1.807) is 12.1 Å². The van der Waals surface area contributed by atoms with Gasteiger partial charge in [0.05, 0.1) is 19.8 Å². The predicted octanol–water partition coefficient (Wildman–Crippen LogP) is 3.04. The first-order chi connectivity index (χ1) is 15.7. The van der Waals surface area contributed by atoms with Crippen LogP contribution in [-0.4, -0.2) is 73.3 Å². The van der Waals surface area contributed by atoms with Gasteiger partial charge >= 0.3 is 0 Å². The molecule has 170 valence electrons. The summed E-state index contributed by atoms with van der Waals surface area (Å²) in [6.45, 7) is 5.83. The van der Waals surface area contributed by atoms with Gasteiger partial charge < -0.3 is 24.4 Å². The number of nitrogens with zero attached hydrogens (tertiary/aromatic N) is 3. The molecule has 2 fully saturated rings. The Morgan fingerprint density at radius 2 is 1.66 bits per heavy atom. The number of hydrogen-bond acceptors (Lipinski definition) is 6. The van der Waals surface area contributed by atoms with Crippen LogP contribution in [0.15, 0.2) is 42.5 Å². The van der Waals surface area contributed by atoms with Crippen molar-refractivity contribution in [1.29, 1.82) is 0 Å². The molecule has 5 rings (SSSR count). The number of phenols is 1. The summed E-state index contributed by atoms with van der Waals surface area (Å²) in [6, 6.07) is 13.8. The maximum absolute atomic E-state index is 13.1. The minimum Gasteiger partial charge on any atom is -0.508 e. The standard InChI is InChI=1S/C25H31N3O4/c29-21-7-5-20(6-8-21)26-11-13-27(14-12-26)25(30)18-28-10-1-3-22(28)19-4-9-23-24(17-19)32-16-2-15-31-23/h4-9,17,22,29H,1-3,10-16,18H2. The van der Waals surface area contributed by atoms with Crippen molar-refractivity contribution in [3.63, 3.8) is 0 Å². The molecule has 7 nitrogen and oxygen atoms in total. The van der Waals surface area contributed by atoms with Gasteiger partial charge in [-0.2, -0.15) is 0 Å². The van der Waals surface area contributed by atoms with Gasteiger partial charge in [0.15, 0.2) is 11.5 Å². The molecule has 1 unspecified atom stereocenters. The molecule has 0 bridgehead atoms. The number of hydrogen-bond donors (Lipinski definition) is 1. The van der Waals surface area contributed by atoms with Crippen molar-refractivity contribution in [3.05, 3.63) is 48.0 Å². The maximum atomic E-state index is 13.1. The summed E-state index contributed by atoms with van der Waals surface area (Å²) in [5.41, 5.74) is 2.29. The zero-order valence-electron chi connectivity index (χ0n) is 18.4. The van der Waals surface area contributed by atoms with Crippen molar-refractivity contribution in [1.82, 2.24) is 9.80 Å². The second kappa shape index (κ2) is 9.28. The first-order valence-electron chi connectivity index (χ1n) is 11.6. The summed E-state index contributed by atoms with van der Waals surface area (Å²) in [6.07, 6.45) is 3.05. The van der Waals surface area contributed by atoms with Gasteiger partial charge in [-0.1, -0.05) is 6.07 Å². The van der Waals surface area contributed by atoms with E-state index in [1.165, 1.54) is 5.56 Å². The molecule has 1 N–H and O–H groups in total. The van der Waals surface area contributed by atoms with Crippen LogP contribution in [0.25, 0.3) is 0 Å². The van der Waals surface area contributed by atoms with E-state index in [9.17, 15) is 9.90 Å². The van der Waals surface area contributed by atoms with Gasteiger partial charge in [0.25, 0.3) is 0 Å². The predicted molar refractivity (Wildman–Crippen MR) is 122 cm³/mol. The Morgan fingerprint density at radius 1 is 0.906 bits per heavy atom. The smallest absolute Gasteiger partial charge is 0.236 e. The lowest BCUT2D eigenvalue weighted by Crippen LogP contribution is -2.51. The van der Waals surface area contributed by atoms with E-state index in [2.05, 4.69) is 21.9 Å². The van der Waals surface area contributed by atoms with Crippen molar-refractivity contribution >= 4 is 11.6 Å². The lowest BCUT2D eigenvalue weighted by molar-refractivity contribution is -0.133. The summed E-state index contributed by atoms with van der Waals surface area (Å²) < 4.78 is 11.6. The minimum atomic E-state index is 0.205. The molecule has 3 aliphatic rings. The summed E-state index contributed by atoms with van der Waals surface area (Å²) in [7, 11) is 0. The van der Waals surface area contributed by atoms with E-state index in [1.807, 2.05) is 23.1 Å². The molecule has 3 aliphatic heterocycles. The lowest BCUT2D eigenvalue weighted by atomic mass is 10.0. The molecule has 7 heteroatoms. The monoisotopic (exact) mass is 437 g/mol. The van der Waals surface area contributed by atoms with Gasteiger partial charge in [-0.15, -0.1) is 0 Å². The number of phenolic OH excluding ortho intramolecular Hbond substituents is 1. The van der Waals surface area contributed by atoms with Gasteiger partial charge in [-0.05, 0) is 61.3 Å². The van der Waals surface area contributed by atoms with Crippen LogP contribution in [-0.2, 0) is 4.79 Å². The summed E-state index contributed by atoms with van der Waals surface area (Å²) in [4.78, 5) is 19.6. The van der Waals surface area contributed by atoms with E-state index in [0.29, 0.717) is 19.8 Å². The number of piperazine rings is 1. The highest BCUT2D eigenvalue weighted by Crippen LogP contribution is 2.37. The number of carbonyl (C=O) groups is 1. The zero-order valence-corrected chi connectivity index (χ0v) is 18.4. The molecular weight excluding hydrogens is 406 g/mol. The molecule has 3 heterocycles. The van der Waals surface area contributed by atoms with E-state index >= 15 is 0 Å². The molecule has 0 radical (unpaired) electrons. The molecule has 1 amide bonds. The Labute approximate surface area is 189 Å². The summed E-state index contributed by atoms with van der Waals surface area (Å²) >= 11 is 0. The average molecular weight is 438 g/mol. The molecule has 0 aliphatic carbocycles. The largest absolute Gasteiger partial charge is 0.508 e. The third-order valence-corrected chi connectivity index (χ3v) is 6.71. The number of fused-ring (bicyclic) bond motifs is 1. The normalized spacial score (nSPS) is 21.4. The Balaban J connectivity index is 1.19. The van der Waals surface area contributed by atoms with Gasteiger partial charge in [0.1, 0.15) is 5.75 Å². The number of rotatable bonds is 4. The Bertz CT molecular complexity index is 941. The minimum absolute atomic E-state index is 0.205. The van der Waals surface area contributed by atoms with Gasteiger partial charge in [-0.3, -0.25) is 9.69 Å². The molecule has 0 spiro atoms. The third kappa shape index (κ3) is 4.48. The van der Waals surface area contributed by atoms with Crippen molar-refractivity contribution in [2.75, 3.05) is 57.4 Å². The molecule has 0 aromatic heterocycles. The zero-order chi connectivity index (χ0) is 21.9. The fourth-order valence-corrected chi connectivity index (χ4v) is 4.93. The van der Waals surface area contributed by atoms with Gasteiger partial charge in [-0.25, -0.2) is 0 Å². The number of anilines is 1. The highest BCUT2D eigenvalue weighted by atomic mass is 16.5. The lowest BCUT2D eigenvalue weighted by Gasteiger charge is -2.37. The number of ether oxygens (including phenoxy) is 2. The number of amides is 1. The van der Waals surface area contributed by atoms with Crippen LogP contribution >= 0.6 is 0 Å². The first kappa shape index (κ1) is 20.9. The molecule has 2 aromatic carbocycles. The molecule has 2 saturated heterocycles. The van der Waals surface area contributed by atoms with Crippen molar-refractivity contribution < 1.29 is 19.4 Å². The molecule has 0 saturated carbocycles. The van der Waals surface area contributed by atoms with Crippen molar-refractivity contribution in [2.45, 2.75) is 25.3 Å². The maximum Gasteiger partial charge on any atom is 0.236 e. The quantitative estimate of drug-likeness (QED) is 0.793. The van der Waals surface area contributed by atoms with Crippen LogP contribution in [0, 0.1) is 0 Å². The van der Waals surface area contributed by atoms with Gasteiger partial charge in [0.2, 0.25) is 5.91 Å². The highest BCUT2D eigenvalue weighted by Gasteiger charge is 2.31. The highest BCUT2D eigenvalue weighted by molar-refractivity contribution is 5.78. The Kier molecular flexibility index (Phi) is 6.08. The summed E-state index contributed by atoms with van der Waals surface area (Å²) in [5, 5.41) is 9.49. The van der Waals surface area contributed by atoms with Crippen LogP contribution in [0.2, 0.25) is 0 Å². The van der Waals surface area contributed by atoms with E-state index < -0.39 is 0 Å². The molecule has 32 heavy (non-hydrogen) atoms. The number of carbonyl (C=O) groups excluding carboxylic acids is 1. The van der Waals surface area contributed by atoms with Crippen LogP contribution in [0.1, 0.15) is 30.9 Å². The fourth-order valence-electron chi connectivity index (χ4n) is 4.93. The fraction of sp³-hybridized carbons (Fsp3) is 0.480. The Morgan fingerprint density at radius 3 is 2.44 bits per heavy atom. The first-order valence-corrected chi connectivity index (χ1v) is 11.6. The summed E-state index contributed by atoms with van der Waals surface area (Å²) in [5.74, 6) is 2.12. The number of likely N-dealkylation sites (tertiary alicyclic amines) is 1. The van der Waals surface area contributed by atoms with E-state index in [-0.39, 0.29) is 17.7 Å². The van der Waals surface area contributed by atoms with E-state index in [4.69, 9.17) is 9.47 Å². The SMILES string of the molecule is O=C(CN1CCCC1c1ccc2c(c1)OCCCO2)N1CCN(c2ccc(O)cc2)CC1. The average Bonchev–Trinajstić information content (AvgIpc) is 3.15. The van der Waals surface area contributed by atoms with Crippen LogP contribution in [0.5, 0.6) is 17.2 Å². The number of benzene rings is 2. The molecular formula is C25H31N3O4. The topological polar surface area (TPSA) is 65.5 Å². The second-order valence-electron chi connectivity index (χ2n) is 8.77. The molecule has 1 atom stereocenters. The third-order valence-electron chi connectivity index (χ3n) is 6.71. The van der Waals surface area contributed by atoms with Crippen molar-refractivity contribution in [2.24, 2.45) is 0 Å². The van der Waals surface area contributed by atoms with Crippen molar-refractivity contribution in [3.8, 4) is 17.2 Å². The van der Waals surface area contributed by atoms with E-state index in [0.717, 1.165) is 69.2 Å².